The molecule has 0 aliphatic rings. The fraction of sp³-hybridized carbons (Fsp3) is 0.278. The summed E-state index contributed by atoms with van der Waals surface area (Å²) in [6.45, 7) is 5.12. The van der Waals surface area contributed by atoms with Crippen LogP contribution in [0.4, 0.5) is 11.4 Å². The largest absolute Gasteiger partial charge is 0.491 e. The van der Waals surface area contributed by atoms with Gasteiger partial charge >= 0.3 is 0 Å². The molecule has 2 aromatic rings. The highest BCUT2D eigenvalue weighted by Gasteiger charge is 2.12. The van der Waals surface area contributed by atoms with Gasteiger partial charge in [-0.15, -0.1) is 0 Å². The Morgan fingerprint density at radius 3 is 2.68 bits per heavy atom. The molecule has 0 atom stereocenters. The molecule has 2 rings (SSSR count). The van der Waals surface area contributed by atoms with Crippen molar-refractivity contribution in [3.8, 4) is 5.75 Å². The summed E-state index contributed by atoms with van der Waals surface area (Å²) in [6, 6.07) is 11.1. The lowest BCUT2D eigenvalue weighted by Gasteiger charge is -2.10. The fourth-order valence-corrected chi connectivity index (χ4v) is 2.19. The molecule has 0 heterocycles. The van der Waals surface area contributed by atoms with Crippen LogP contribution in [0.15, 0.2) is 42.5 Å². The van der Waals surface area contributed by atoms with Gasteiger partial charge in [0.25, 0.3) is 11.6 Å². The van der Waals surface area contributed by atoms with Crippen molar-refractivity contribution in [1.29, 1.82) is 0 Å². The monoisotopic (exact) mass is 344 g/mol. The van der Waals surface area contributed by atoms with Gasteiger partial charge in [0.1, 0.15) is 12.4 Å². The van der Waals surface area contributed by atoms with Crippen molar-refractivity contribution < 1.29 is 19.2 Å². The number of nitro groups is 1. The molecule has 7 heteroatoms. The molecule has 0 bridgehead atoms. The molecule has 0 radical (unpaired) electrons. The van der Waals surface area contributed by atoms with Crippen LogP contribution in [0.25, 0.3) is 0 Å². The number of nitrogens with one attached hydrogen (secondary N) is 1. The van der Waals surface area contributed by atoms with Gasteiger partial charge in [-0.05, 0) is 43.7 Å². The molecule has 0 aromatic heterocycles. The second-order valence-electron chi connectivity index (χ2n) is 5.28. The van der Waals surface area contributed by atoms with Gasteiger partial charge in [0.15, 0.2) is 0 Å². The van der Waals surface area contributed by atoms with E-state index in [0.717, 1.165) is 0 Å². The van der Waals surface area contributed by atoms with Gasteiger partial charge in [-0.1, -0.05) is 6.07 Å². The molecule has 25 heavy (non-hydrogen) atoms. The SMILES string of the molecule is CCOCCOc1cccc(C(=O)Nc2ccc([N+](=O)[O-])cc2C)c1. The summed E-state index contributed by atoms with van der Waals surface area (Å²) in [5.41, 5.74) is 1.57. The lowest BCUT2D eigenvalue weighted by Crippen LogP contribution is -2.13. The number of carbonyl (C=O) groups excluding carboxylic acids is 1. The minimum absolute atomic E-state index is 0.0137. The van der Waals surface area contributed by atoms with Crippen LogP contribution >= 0.6 is 0 Å². The Bertz CT molecular complexity index is 761. The van der Waals surface area contributed by atoms with Crippen LogP contribution in [-0.2, 0) is 4.74 Å². The predicted octanol–water partition coefficient (Wildman–Crippen LogP) is 3.57. The van der Waals surface area contributed by atoms with Gasteiger partial charge in [0.05, 0.1) is 11.5 Å². The van der Waals surface area contributed by atoms with E-state index in [4.69, 9.17) is 9.47 Å². The summed E-state index contributed by atoms with van der Waals surface area (Å²) in [4.78, 5) is 22.7. The first-order valence-corrected chi connectivity index (χ1v) is 7.88. The number of hydrogen-bond donors (Lipinski definition) is 1. The molecule has 2 aromatic carbocycles. The first-order valence-electron chi connectivity index (χ1n) is 7.88. The second kappa shape index (κ2) is 8.79. The molecule has 0 saturated carbocycles. The van der Waals surface area contributed by atoms with Gasteiger partial charge in [0, 0.05) is 30.0 Å². The van der Waals surface area contributed by atoms with E-state index in [2.05, 4.69) is 5.32 Å². The maximum absolute atomic E-state index is 12.4. The van der Waals surface area contributed by atoms with Gasteiger partial charge < -0.3 is 14.8 Å². The number of anilines is 1. The first kappa shape index (κ1) is 18.4. The van der Waals surface area contributed by atoms with Crippen molar-refractivity contribution in [2.24, 2.45) is 0 Å². The van der Waals surface area contributed by atoms with Crippen molar-refractivity contribution in [2.45, 2.75) is 13.8 Å². The molecule has 0 fully saturated rings. The number of rotatable bonds is 8. The van der Waals surface area contributed by atoms with Crippen molar-refractivity contribution in [3.63, 3.8) is 0 Å². The average molecular weight is 344 g/mol. The van der Waals surface area contributed by atoms with E-state index in [1.54, 1.807) is 31.2 Å². The minimum Gasteiger partial charge on any atom is -0.491 e. The number of hydrogen-bond acceptors (Lipinski definition) is 5. The fourth-order valence-electron chi connectivity index (χ4n) is 2.19. The summed E-state index contributed by atoms with van der Waals surface area (Å²) in [5, 5.41) is 13.5. The maximum Gasteiger partial charge on any atom is 0.269 e. The summed E-state index contributed by atoms with van der Waals surface area (Å²) >= 11 is 0. The van der Waals surface area contributed by atoms with Crippen LogP contribution in [0.5, 0.6) is 5.75 Å². The number of non-ortho nitro benzene ring substituents is 1. The standard InChI is InChI=1S/C18H20N2O5/c1-3-24-9-10-25-16-6-4-5-14(12-16)18(21)19-17-8-7-15(20(22)23)11-13(17)2/h4-8,11-12H,3,9-10H2,1-2H3,(H,19,21). The molecule has 0 aliphatic carbocycles. The highest BCUT2D eigenvalue weighted by molar-refractivity contribution is 6.04. The zero-order valence-electron chi connectivity index (χ0n) is 14.2. The molecule has 1 amide bonds. The van der Waals surface area contributed by atoms with Crippen LogP contribution in [0.1, 0.15) is 22.8 Å². The molecule has 0 spiro atoms. The van der Waals surface area contributed by atoms with Crippen LogP contribution in [0, 0.1) is 17.0 Å². The lowest BCUT2D eigenvalue weighted by atomic mass is 10.1. The number of amides is 1. The molecular formula is C18H20N2O5. The van der Waals surface area contributed by atoms with Gasteiger partial charge in [-0.3, -0.25) is 14.9 Å². The highest BCUT2D eigenvalue weighted by Crippen LogP contribution is 2.22. The third-order valence-electron chi connectivity index (χ3n) is 3.47. The topological polar surface area (TPSA) is 90.7 Å². The Labute approximate surface area is 145 Å². The van der Waals surface area contributed by atoms with Crippen LogP contribution < -0.4 is 10.1 Å². The normalized spacial score (nSPS) is 10.3. The Balaban J connectivity index is 2.04. The van der Waals surface area contributed by atoms with E-state index in [-0.39, 0.29) is 11.6 Å². The summed E-state index contributed by atoms with van der Waals surface area (Å²) in [5.74, 6) is 0.264. The number of nitrogens with zero attached hydrogens (tertiary/aromatic N) is 1. The Morgan fingerprint density at radius 1 is 1.20 bits per heavy atom. The number of carbonyl (C=O) groups is 1. The Hall–Kier alpha value is -2.93. The van der Waals surface area contributed by atoms with Gasteiger partial charge in [-0.25, -0.2) is 0 Å². The number of benzene rings is 2. The highest BCUT2D eigenvalue weighted by atomic mass is 16.6. The predicted molar refractivity (Wildman–Crippen MR) is 94.2 cm³/mol. The average Bonchev–Trinajstić information content (AvgIpc) is 2.60. The van der Waals surface area contributed by atoms with Crippen molar-refractivity contribution >= 4 is 17.3 Å². The molecule has 1 N–H and O–H groups in total. The summed E-state index contributed by atoms with van der Waals surface area (Å²) < 4.78 is 10.7. The van der Waals surface area contributed by atoms with E-state index < -0.39 is 4.92 Å². The van der Waals surface area contributed by atoms with Crippen LogP contribution in [0.2, 0.25) is 0 Å². The summed E-state index contributed by atoms with van der Waals surface area (Å²) in [6.07, 6.45) is 0. The zero-order chi connectivity index (χ0) is 18.2. The van der Waals surface area contributed by atoms with Crippen LogP contribution in [-0.4, -0.2) is 30.7 Å². The van der Waals surface area contributed by atoms with E-state index in [1.807, 2.05) is 6.92 Å². The second-order valence-corrected chi connectivity index (χ2v) is 5.28. The van der Waals surface area contributed by atoms with E-state index >= 15 is 0 Å². The first-order chi connectivity index (χ1) is 12.0. The number of ether oxygens (including phenoxy) is 2. The number of nitro benzene ring substituents is 1. The third-order valence-corrected chi connectivity index (χ3v) is 3.47. The lowest BCUT2D eigenvalue weighted by molar-refractivity contribution is -0.384. The molecule has 132 valence electrons. The van der Waals surface area contributed by atoms with Crippen molar-refractivity contribution in [1.82, 2.24) is 0 Å². The summed E-state index contributed by atoms with van der Waals surface area (Å²) in [7, 11) is 0. The number of aryl methyl sites for hydroxylation is 1. The third kappa shape index (κ3) is 5.29. The Kier molecular flexibility index (Phi) is 6.47. The van der Waals surface area contributed by atoms with E-state index in [0.29, 0.717) is 42.4 Å². The Morgan fingerprint density at radius 2 is 2.00 bits per heavy atom. The molecule has 0 saturated heterocycles. The molecule has 0 unspecified atom stereocenters. The van der Waals surface area contributed by atoms with E-state index in [9.17, 15) is 14.9 Å². The molecular weight excluding hydrogens is 324 g/mol. The smallest absolute Gasteiger partial charge is 0.269 e. The van der Waals surface area contributed by atoms with Gasteiger partial charge in [-0.2, -0.15) is 0 Å². The molecule has 0 aliphatic heterocycles. The van der Waals surface area contributed by atoms with Crippen molar-refractivity contribution in [2.75, 3.05) is 25.1 Å². The van der Waals surface area contributed by atoms with E-state index in [1.165, 1.54) is 18.2 Å². The van der Waals surface area contributed by atoms with Gasteiger partial charge in [0.2, 0.25) is 0 Å². The zero-order valence-corrected chi connectivity index (χ0v) is 14.2. The van der Waals surface area contributed by atoms with Crippen molar-refractivity contribution in [3.05, 3.63) is 63.7 Å². The maximum atomic E-state index is 12.4. The molecule has 7 nitrogen and oxygen atoms in total. The van der Waals surface area contributed by atoms with Crippen LogP contribution in [0.3, 0.4) is 0 Å². The minimum atomic E-state index is -0.471. The quantitative estimate of drug-likeness (QED) is 0.449.